The van der Waals surface area contributed by atoms with Crippen molar-refractivity contribution in [2.75, 3.05) is 0 Å². The second-order valence-electron chi connectivity index (χ2n) is 4.51. The van der Waals surface area contributed by atoms with Gasteiger partial charge in [-0.05, 0) is 31.2 Å². The molecule has 3 rings (SSSR count). The number of para-hydroxylation sites is 3. The molecule has 0 N–H and O–H groups in total. The van der Waals surface area contributed by atoms with Crippen molar-refractivity contribution in [2.24, 2.45) is 0 Å². The Labute approximate surface area is 127 Å². The fourth-order valence-corrected chi connectivity index (χ4v) is 2.49. The van der Waals surface area contributed by atoms with Gasteiger partial charge >= 0.3 is 0 Å². The molecule has 1 heterocycles. The van der Waals surface area contributed by atoms with E-state index in [1.54, 1.807) is 11.3 Å². The van der Waals surface area contributed by atoms with Crippen LogP contribution in [0.25, 0.3) is 0 Å². The SMILES string of the molecule is Cc1nc(COc2ccccc2Oc2ccccc2)cs1. The number of aryl methyl sites for hydroxylation is 1. The largest absolute Gasteiger partial charge is 0.483 e. The van der Waals surface area contributed by atoms with Crippen LogP contribution in [0, 0.1) is 6.92 Å². The molecule has 0 aliphatic heterocycles. The van der Waals surface area contributed by atoms with E-state index in [9.17, 15) is 0 Å². The van der Waals surface area contributed by atoms with E-state index < -0.39 is 0 Å². The van der Waals surface area contributed by atoms with E-state index in [1.165, 1.54) is 0 Å². The third-order valence-corrected chi connectivity index (χ3v) is 3.68. The van der Waals surface area contributed by atoms with E-state index in [0.29, 0.717) is 18.1 Å². The number of aromatic nitrogens is 1. The maximum atomic E-state index is 5.86. The van der Waals surface area contributed by atoms with E-state index in [2.05, 4.69) is 4.98 Å². The van der Waals surface area contributed by atoms with Crippen LogP contribution < -0.4 is 9.47 Å². The Kier molecular flexibility index (Phi) is 4.17. The fourth-order valence-electron chi connectivity index (χ4n) is 1.90. The zero-order valence-electron chi connectivity index (χ0n) is 11.7. The lowest BCUT2D eigenvalue weighted by atomic mass is 10.3. The van der Waals surface area contributed by atoms with E-state index in [0.717, 1.165) is 16.5 Å². The van der Waals surface area contributed by atoms with Crippen molar-refractivity contribution in [3.63, 3.8) is 0 Å². The number of nitrogens with zero attached hydrogens (tertiary/aromatic N) is 1. The van der Waals surface area contributed by atoms with Gasteiger partial charge in [-0.2, -0.15) is 0 Å². The molecule has 0 bridgehead atoms. The normalized spacial score (nSPS) is 10.3. The smallest absolute Gasteiger partial charge is 0.169 e. The Morgan fingerprint density at radius 2 is 1.67 bits per heavy atom. The summed E-state index contributed by atoms with van der Waals surface area (Å²) < 4.78 is 11.7. The van der Waals surface area contributed by atoms with Gasteiger partial charge in [0.05, 0.1) is 10.7 Å². The summed E-state index contributed by atoms with van der Waals surface area (Å²) in [5, 5.41) is 3.05. The molecule has 0 radical (unpaired) electrons. The first-order valence-electron chi connectivity index (χ1n) is 6.67. The summed E-state index contributed by atoms with van der Waals surface area (Å²) in [6.45, 7) is 2.43. The Bertz CT molecular complexity index is 710. The van der Waals surface area contributed by atoms with Gasteiger partial charge in [-0.3, -0.25) is 0 Å². The predicted molar refractivity (Wildman–Crippen MR) is 84.1 cm³/mol. The van der Waals surface area contributed by atoms with Gasteiger partial charge in [-0.15, -0.1) is 11.3 Å². The van der Waals surface area contributed by atoms with Crippen molar-refractivity contribution >= 4 is 11.3 Å². The van der Waals surface area contributed by atoms with Crippen LogP contribution in [0.4, 0.5) is 0 Å². The molecule has 0 unspecified atom stereocenters. The Morgan fingerprint density at radius 3 is 2.38 bits per heavy atom. The third kappa shape index (κ3) is 3.61. The van der Waals surface area contributed by atoms with Gasteiger partial charge < -0.3 is 9.47 Å². The highest BCUT2D eigenvalue weighted by Gasteiger charge is 2.07. The minimum absolute atomic E-state index is 0.444. The molecule has 0 saturated heterocycles. The van der Waals surface area contributed by atoms with Crippen LogP contribution in [0.2, 0.25) is 0 Å². The van der Waals surface area contributed by atoms with Crippen LogP contribution in [0.15, 0.2) is 60.0 Å². The Morgan fingerprint density at radius 1 is 0.952 bits per heavy atom. The van der Waals surface area contributed by atoms with Crippen LogP contribution in [-0.2, 0) is 6.61 Å². The van der Waals surface area contributed by atoms with Crippen LogP contribution in [0.3, 0.4) is 0 Å². The molecule has 2 aromatic carbocycles. The molecule has 106 valence electrons. The van der Waals surface area contributed by atoms with Crippen LogP contribution in [-0.4, -0.2) is 4.98 Å². The van der Waals surface area contributed by atoms with Gasteiger partial charge in [-0.25, -0.2) is 4.98 Å². The van der Waals surface area contributed by atoms with Gasteiger partial charge in [-0.1, -0.05) is 30.3 Å². The molecule has 21 heavy (non-hydrogen) atoms. The van der Waals surface area contributed by atoms with Crippen LogP contribution >= 0.6 is 11.3 Å². The molecule has 1 aromatic heterocycles. The second-order valence-corrected chi connectivity index (χ2v) is 5.57. The first-order chi connectivity index (χ1) is 10.3. The molecule has 0 aliphatic rings. The summed E-state index contributed by atoms with van der Waals surface area (Å²) in [4.78, 5) is 4.39. The molecular weight excluding hydrogens is 282 g/mol. The minimum atomic E-state index is 0.444. The molecule has 0 saturated carbocycles. The molecule has 0 aliphatic carbocycles. The van der Waals surface area contributed by atoms with E-state index >= 15 is 0 Å². The summed E-state index contributed by atoms with van der Waals surface area (Å²) in [6, 6.07) is 17.3. The van der Waals surface area contributed by atoms with Crippen molar-refractivity contribution < 1.29 is 9.47 Å². The van der Waals surface area contributed by atoms with E-state index in [4.69, 9.17) is 9.47 Å². The minimum Gasteiger partial charge on any atom is -0.483 e. The number of benzene rings is 2. The standard InChI is InChI=1S/C17H15NO2S/c1-13-18-14(12-21-13)11-19-16-9-5-6-10-17(16)20-15-7-3-2-4-8-15/h2-10,12H,11H2,1H3. The lowest BCUT2D eigenvalue weighted by Gasteiger charge is -2.11. The lowest BCUT2D eigenvalue weighted by molar-refractivity contribution is 0.288. The van der Waals surface area contributed by atoms with Crippen molar-refractivity contribution in [3.05, 3.63) is 70.7 Å². The Hall–Kier alpha value is -2.33. The molecule has 3 nitrogen and oxygen atoms in total. The fraction of sp³-hybridized carbons (Fsp3) is 0.118. The van der Waals surface area contributed by atoms with Gasteiger partial charge in [0, 0.05) is 5.38 Å². The van der Waals surface area contributed by atoms with Gasteiger partial charge in [0.15, 0.2) is 11.5 Å². The number of ether oxygens (including phenoxy) is 2. The van der Waals surface area contributed by atoms with Crippen LogP contribution in [0.5, 0.6) is 17.2 Å². The average Bonchev–Trinajstić information content (AvgIpc) is 2.93. The number of rotatable bonds is 5. The van der Waals surface area contributed by atoms with Crippen molar-refractivity contribution in [3.8, 4) is 17.2 Å². The highest BCUT2D eigenvalue weighted by molar-refractivity contribution is 7.09. The summed E-state index contributed by atoms with van der Waals surface area (Å²) >= 11 is 1.62. The highest BCUT2D eigenvalue weighted by atomic mass is 32.1. The number of hydrogen-bond donors (Lipinski definition) is 0. The zero-order valence-corrected chi connectivity index (χ0v) is 12.5. The van der Waals surface area contributed by atoms with Crippen molar-refractivity contribution in [2.45, 2.75) is 13.5 Å². The molecule has 0 fully saturated rings. The Balaban J connectivity index is 1.73. The summed E-state index contributed by atoms with van der Waals surface area (Å²) in [5.74, 6) is 2.21. The molecule has 0 atom stereocenters. The predicted octanol–water partition coefficient (Wildman–Crippen LogP) is 4.82. The first kappa shape index (κ1) is 13.6. The van der Waals surface area contributed by atoms with E-state index in [1.807, 2.05) is 66.9 Å². The average molecular weight is 297 g/mol. The lowest BCUT2D eigenvalue weighted by Crippen LogP contribution is -1.97. The van der Waals surface area contributed by atoms with Crippen LogP contribution in [0.1, 0.15) is 10.7 Å². The molecule has 0 amide bonds. The molecule has 4 heteroatoms. The summed E-state index contributed by atoms with van der Waals surface area (Å²) in [6.07, 6.45) is 0. The topological polar surface area (TPSA) is 31.4 Å². The quantitative estimate of drug-likeness (QED) is 0.676. The maximum Gasteiger partial charge on any atom is 0.169 e. The molecular formula is C17H15NO2S. The second kappa shape index (κ2) is 6.41. The van der Waals surface area contributed by atoms with Gasteiger partial charge in [0.2, 0.25) is 0 Å². The van der Waals surface area contributed by atoms with Crippen molar-refractivity contribution in [1.29, 1.82) is 0 Å². The van der Waals surface area contributed by atoms with E-state index in [-0.39, 0.29) is 0 Å². The van der Waals surface area contributed by atoms with Gasteiger partial charge in [0.1, 0.15) is 12.4 Å². The number of hydrogen-bond acceptors (Lipinski definition) is 4. The maximum absolute atomic E-state index is 5.86. The molecule has 0 spiro atoms. The number of thiazole rings is 1. The molecule has 3 aromatic rings. The summed E-state index contributed by atoms with van der Waals surface area (Å²) in [7, 11) is 0. The monoisotopic (exact) mass is 297 g/mol. The van der Waals surface area contributed by atoms with Crippen molar-refractivity contribution in [1.82, 2.24) is 4.98 Å². The first-order valence-corrected chi connectivity index (χ1v) is 7.55. The zero-order chi connectivity index (χ0) is 14.5. The van der Waals surface area contributed by atoms with Gasteiger partial charge in [0.25, 0.3) is 0 Å². The highest BCUT2D eigenvalue weighted by Crippen LogP contribution is 2.31. The third-order valence-electron chi connectivity index (χ3n) is 2.86. The summed E-state index contributed by atoms with van der Waals surface area (Å²) in [5.41, 5.74) is 0.937.